The molecule has 6 nitrogen and oxygen atoms in total. The molecule has 0 atom stereocenters. The van der Waals surface area contributed by atoms with E-state index in [2.05, 4.69) is 15.6 Å². The van der Waals surface area contributed by atoms with E-state index in [1.807, 2.05) is 30.3 Å². The maximum Gasteiger partial charge on any atom is 0.257 e. The van der Waals surface area contributed by atoms with Crippen molar-refractivity contribution in [3.05, 3.63) is 95.3 Å². The Morgan fingerprint density at radius 2 is 1.48 bits per heavy atom. The second-order valence-electron chi connectivity index (χ2n) is 6.54. The Morgan fingerprint density at radius 1 is 0.828 bits per heavy atom. The number of aromatic nitrogens is 1. The van der Waals surface area contributed by atoms with Gasteiger partial charge in [0.25, 0.3) is 11.8 Å². The third-order valence-electron chi connectivity index (χ3n) is 4.35. The van der Waals surface area contributed by atoms with Crippen molar-refractivity contribution in [1.82, 2.24) is 10.3 Å². The average molecular weight is 387 g/mol. The standard InChI is InChI=1S/C23H21N3O3/c1-16(27)18-7-9-21(10-8-18)26-23(29)20-13-19(14-24-15-20)22(28)25-12-11-17-5-3-2-4-6-17/h2-10,13-15H,11-12H2,1H3,(H,25,28)(H,26,29). The Labute approximate surface area is 169 Å². The van der Waals surface area contributed by atoms with E-state index in [-0.39, 0.29) is 23.2 Å². The van der Waals surface area contributed by atoms with Gasteiger partial charge in [-0.1, -0.05) is 30.3 Å². The monoisotopic (exact) mass is 387 g/mol. The van der Waals surface area contributed by atoms with Gasteiger partial charge in [0.05, 0.1) is 11.1 Å². The molecular formula is C23H21N3O3. The summed E-state index contributed by atoms with van der Waals surface area (Å²) in [6.45, 7) is 1.97. The minimum absolute atomic E-state index is 0.0435. The molecule has 1 heterocycles. The van der Waals surface area contributed by atoms with Crippen LogP contribution < -0.4 is 10.6 Å². The van der Waals surface area contributed by atoms with Gasteiger partial charge in [0.1, 0.15) is 0 Å². The number of carbonyl (C=O) groups is 3. The highest BCUT2D eigenvalue weighted by Gasteiger charge is 2.12. The van der Waals surface area contributed by atoms with E-state index >= 15 is 0 Å². The third-order valence-corrected chi connectivity index (χ3v) is 4.35. The fourth-order valence-electron chi connectivity index (χ4n) is 2.75. The maximum absolute atomic E-state index is 12.5. The minimum Gasteiger partial charge on any atom is -0.352 e. The van der Waals surface area contributed by atoms with Crippen molar-refractivity contribution in [3.8, 4) is 0 Å². The van der Waals surface area contributed by atoms with Gasteiger partial charge in [0, 0.05) is 30.2 Å². The number of nitrogens with zero attached hydrogens (tertiary/aromatic N) is 1. The molecule has 0 fully saturated rings. The maximum atomic E-state index is 12.5. The molecule has 3 aromatic rings. The van der Waals surface area contributed by atoms with E-state index in [1.165, 1.54) is 25.4 Å². The lowest BCUT2D eigenvalue weighted by molar-refractivity contribution is 0.0952. The number of amides is 2. The highest BCUT2D eigenvalue weighted by molar-refractivity contribution is 6.06. The smallest absolute Gasteiger partial charge is 0.257 e. The number of pyridine rings is 1. The molecule has 1 aromatic heterocycles. The van der Waals surface area contributed by atoms with Crippen LogP contribution in [0.25, 0.3) is 0 Å². The van der Waals surface area contributed by atoms with Gasteiger partial charge in [-0.25, -0.2) is 0 Å². The predicted octanol–water partition coefficient (Wildman–Crippen LogP) is 3.51. The number of benzene rings is 2. The van der Waals surface area contributed by atoms with Gasteiger partial charge in [0.2, 0.25) is 0 Å². The molecule has 2 N–H and O–H groups in total. The number of hydrogen-bond acceptors (Lipinski definition) is 4. The van der Waals surface area contributed by atoms with Crippen molar-refractivity contribution >= 4 is 23.3 Å². The van der Waals surface area contributed by atoms with Crippen molar-refractivity contribution in [3.63, 3.8) is 0 Å². The van der Waals surface area contributed by atoms with E-state index in [0.29, 0.717) is 23.4 Å². The normalized spacial score (nSPS) is 10.2. The van der Waals surface area contributed by atoms with Crippen LogP contribution in [-0.2, 0) is 6.42 Å². The van der Waals surface area contributed by atoms with Crippen molar-refractivity contribution < 1.29 is 14.4 Å². The summed E-state index contributed by atoms with van der Waals surface area (Å²) >= 11 is 0. The Kier molecular flexibility index (Phi) is 6.47. The van der Waals surface area contributed by atoms with Crippen LogP contribution in [0, 0.1) is 0 Å². The van der Waals surface area contributed by atoms with Crippen molar-refractivity contribution in [2.24, 2.45) is 0 Å². The Bertz CT molecular complexity index is 1020. The van der Waals surface area contributed by atoms with Crippen LogP contribution in [0.5, 0.6) is 0 Å². The summed E-state index contributed by atoms with van der Waals surface area (Å²) in [5, 5.41) is 5.57. The molecular weight excluding hydrogens is 366 g/mol. The van der Waals surface area contributed by atoms with Gasteiger partial charge in [0.15, 0.2) is 5.78 Å². The second-order valence-corrected chi connectivity index (χ2v) is 6.54. The first-order chi connectivity index (χ1) is 14.0. The summed E-state index contributed by atoms with van der Waals surface area (Å²) in [5.41, 5.74) is 2.85. The summed E-state index contributed by atoms with van der Waals surface area (Å²) in [4.78, 5) is 40.1. The van der Waals surface area contributed by atoms with Crippen LogP contribution in [0.2, 0.25) is 0 Å². The van der Waals surface area contributed by atoms with E-state index in [4.69, 9.17) is 0 Å². The SMILES string of the molecule is CC(=O)c1ccc(NC(=O)c2cncc(C(=O)NCCc3ccccc3)c2)cc1. The molecule has 0 saturated carbocycles. The van der Waals surface area contributed by atoms with Gasteiger partial charge in [-0.05, 0) is 49.2 Å². The zero-order valence-electron chi connectivity index (χ0n) is 16.0. The van der Waals surface area contributed by atoms with Crippen LogP contribution in [0.15, 0.2) is 73.1 Å². The Balaban J connectivity index is 1.59. The summed E-state index contributed by atoms with van der Waals surface area (Å²) in [6, 6.07) is 18.0. The van der Waals surface area contributed by atoms with E-state index in [9.17, 15) is 14.4 Å². The molecule has 0 unspecified atom stereocenters. The quantitative estimate of drug-likeness (QED) is 0.607. The Morgan fingerprint density at radius 3 is 2.14 bits per heavy atom. The number of ketones is 1. The highest BCUT2D eigenvalue weighted by Crippen LogP contribution is 2.12. The molecule has 0 aliphatic rings. The zero-order valence-corrected chi connectivity index (χ0v) is 16.0. The molecule has 0 aliphatic carbocycles. The Hall–Kier alpha value is -3.80. The van der Waals surface area contributed by atoms with Crippen molar-refractivity contribution in [2.45, 2.75) is 13.3 Å². The summed E-state index contributed by atoms with van der Waals surface area (Å²) in [7, 11) is 0. The topological polar surface area (TPSA) is 88.2 Å². The minimum atomic E-state index is -0.382. The number of nitrogens with one attached hydrogen (secondary N) is 2. The zero-order chi connectivity index (χ0) is 20.6. The van der Waals surface area contributed by atoms with Crippen LogP contribution >= 0.6 is 0 Å². The lowest BCUT2D eigenvalue weighted by atomic mass is 10.1. The fourth-order valence-corrected chi connectivity index (χ4v) is 2.75. The lowest BCUT2D eigenvalue weighted by Gasteiger charge is -2.08. The summed E-state index contributed by atoms with van der Waals surface area (Å²) in [6.07, 6.45) is 3.55. The molecule has 0 bridgehead atoms. The molecule has 0 saturated heterocycles. The molecule has 2 aromatic carbocycles. The van der Waals surface area contributed by atoms with Gasteiger partial charge in [-0.15, -0.1) is 0 Å². The average Bonchev–Trinajstić information content (AvgIpc) is 2.75. The molecule has 29 heavy (non-hydrogen) atoms. The number of carbonyl (C=O) groups excluding carboxylic acids is 3. The first kappa shape index (κ1) is 19.9. The number of Topliss-reactive ketones (excluding diaryl/α,β-unsaturated/α-hetero) is 1. The van der Waals surface area contributed by atoms with Gasteiger partial charge >= 0.3 is 0 Å². The number of rotatable bonds is 7. The molecule has 0 aliphatic heterocycles. The molecule has 146 valence electrons. The van der Waals surface area contributed by atoms with Crippen LogP contribution in [0.3, 0.4) is 0 Å². The van der Waals surface area contributed by atoms with Gasteiger partial charge in [-0.3, -0.25) is 19.4 Å². The molecule has 6 heteroatoms. The van der Waals surface area contributed by atoms with E-state index < -0.39 is 0 Å². The van der Waals surface area contributed by atoms with Gasteiger partial charge < -0.3 is 10.6 Å². The first-order valence-corrected chi connectivity index (χ1v) is 9.22. The van der Waals surface area contributed by atoms with E-state index in [0.717, 1.165) is 12.0 Å². The second kappa shape index (κ2) is 9.41. The highest BCUT2D eigenvalue weighted by atomic mass is 16.2. The van der Waals surface area contributed by atoms with Crippen LogP contribution in [-0.4, -0.2) is 29.1 Å². The van der Waals surface area contributed by atoms with Crippen molar-refractivity contribution in [1.29, 1.82) is 0 Å². The third kappa shape index (κ3) is 5.59. The van der Waals surface area contributed by atoms with Gasteiger partial charge in [-0.2, -0.15) is 0 Å². The summed E-state index contributed by atoms with van der Waals surface area (Å²) < 4.78 is 0. The summed E-state index contributed by atoms with van der Waals surface area (Å²) in [5.74, 6) is -0.709. The number of hydrogen-bond donors (Lipinski definition) is 2. The molecule has 0 radical (unpaired) electrons. The van der Waals surface area contributed by atoms with Crippen molar-refractivity contribution in [2.75, 3.05) is 11.9 Å². The largest absolute Gasteiger partial charge is 0.352 e. The number of anilines is 1. The fraction of sp³-hybridized carbons (Fsp3) is 0.130. The molecule has 2 amide bonds. The van der Waals surface area contributed by atoms with Crippen LogP contribution in [0.1, 0.15) is 43.6 Å². The molecule has 3 rings (SSSR count). The van der Waals surface area contributed by atoms with E-state index in [1.54, 1.807) is 24.3 Å². The first-order valence-electron chi connectivity index (χ1n) is 9.22. The molecule has 0 spiro atoms. The van der Waals surface area contributed by atoms with Crippen LogP contribution in [0.4, 0.5) is 5.69 Å². The lowest BCUT2D eigenvalue weighted by Crippen LogP contribution is -2.26. The predicted molar refractivity (Wildman–Crippen MR) is 111 cm³/mol.